The highest BCUT2D eigenvalue weighted by Gasteiger charge is 2.17. The van der Waals surface area contributed by atoms with Crippen molar-refractivity contribution in [1.29, 1.82) is 0 Å². The fraction of sp³-hybridized carbons (Fsp3) is 0.353. The van der Waals surface area contributed by atoms with Crippen molar-refractivity contribution in [2.45, 2.75) is 26.9 Å². The van der Waals surface area contributed by atoms with E-state index in [0.29, 0.717) is 41.9 Å². The summed E-state index contributed by atoms with van der Waals surface area (Å²) in [6, 6.07) is 5.56. The molecule has 0 atom stereocenters. The predicted octanol–water partition coefficient (Wildman–Crippen LogP) is 1.97. The van der Waals surface area contributed by atoms with E-state index in [2.05, 4.69) is 20.0 Å². The van der Waals surface area contributed by atoms with Crippen molar-refractivity contribution < 1.29 is 14.0 Å². The Bertz CT molecular complexity index is 978. The quantitative estimate of drug-likeness (QED) is 0.757. The molecule has 3 aromatic rings. The minimum atomic E-state index is -0.119. The molecule has 4 rings (SSSR count). The molecule has 1 aromatic carbocycles. The van der Waals surface area contributed by atoms with Crippen molar-refractivity contribution in [2.24, 2.45) is 0 Å². The molecule has 0 spiro atoms. The fourth-order valence-corrected chi connectivity index (χ4v) is 2.87. The molecule has 8 nitrogen and oxygen atoms in total. The first-order valence-electron chi connectivity index (χ1n) is 8.09. The number of aryl methyl sites for hydroxylation is 1. The zero-order valence-electron chi connectivity index (χ0n) is 14.0. The van der Waals surface area contributed by atoms with Crippen LogP contribution >= 0.6 is 0 Å². The third-order valence-corrected chi connectivity index (χ3v) is 4.18. The average molecular weight is 342 g/mol. The fourth-order valence-electron chi connectivity index (χ4n) is 2.87. The maximum absolute atomic E-state index is 12.4. The molecule has 130 valence electrons. The number of nitrogens with one attached hydrogen (secondary N) is 1. The molecule has 0 unspecified atom stereocenters. The van der Waals surface area contributed by atoms with Gasteiger partial charge < -0.3 is 19.0 Å². The van der Waals surface area contributed by atoms with Crippen LogP contribution in [0.2, 0.25) is 0 Å². The molecule has 1 aliphatic rings. The monoisotopic (exact) mass is 342 g/mol. The van der Waals surface area contributed by atoms with Crippen molar-refractivity contribution in [1.82, 2.24) is 20.0 Å². The van der Waals surface area contributed by atoms with Crippen LogP contribution in [0.25, 0.3) is 10.9 Å². The number of fused-ring (bicyclic) bond motifs is 2. The zero-order valence-corrected chi connectivity index (χ0v) is 14.0. The molecule has 0 aliphatic carbocycles. The van der Waals surface area contributed by atoms with Gasteiger partial charge in [-0.15, -0.1) is 0 Å². The molecule has 1 aliphatic heterocycles. The summed E-state index contributed by atoms with van der Waals surface area (Å²) in [5.41, 5.74) is 1.28. The van der Waals surface area contributed by atoms with Crippen molar-refractivity contribution in [3.8, 4) is 11.5 Å². The SMILES string of the molecule is CCN(Cc1nc(C)no1)Cc1cc2cc3c(cc2[nH]c1=O)OCO3. The third kappa shape index (κ3) is 3.08. The molecule has 0 saturated heterocycles. The molecule has 1 N–H and O–H groups in total. The molecule has 0 bridgehead atoms. The van der Waals surface area contributed by atoms with Crippen molar-refractivity contribution in [3.05, 3.63) is 45.8 Å². The number of aromatic amines is 1. The summed E-state index contributed by atoms with van der Waals surface area (Å²) in [4.78, 5) is 21.6. The van der Waals surface area contributed by atoms with Gasteiger partial charge in [-0.25, -0.2) is 0 Å². The molecular formula is C17H18N4O4. The molecule has 0 amide bonds. The van der Waals surface area contributed by atoms with Crippen LogP contribution in [-0.4, -0.2) is 33.4 Å². The van der Waals surface area contributed by atoms with Crippen LogP contribution in [0.5, 0.6) is 11.5 Å². The smallest absolute Gasteiger partial charge is 0.252 e. The number of hydrogen-bond acceptors (Lipinski definition) is 7. The van der Waals surface area contributed by atoms with Gasteiger partial charge in [0.1, 0.15) is 0 Å². The van der Waals surface area contributed by atoms with E-state index >= 15 is 0 Å². The first-order chi connectivity index (χ1) is 12.1. The topological polar surface area (TPSA) is 93.5 Å². The Labute approximate surface area is 143 Å². The summed E-state index contributed by atoms with van der Waals surface area (Å²) in [7, 11) is 0. The third-order valence-electron chi connectivity index (χ3n) is 4.18. The average Bonchev–Trinajstić information content (AvgIpc) is 3.21. The highest BCUT2D eigenvalue weighted by molar-refractivity contribution is 5.83. The van der Waals surface area contributed by atoms with Crippen LogP contribution in [0, 0.1) is 6.92 Å². The number of benzene rings is 1. The Hall–Kier alpha value is -2.87. The Morgan fingerprint density at radius 3 is 2.72 bits per heavy atom. The van der Waals surface area contributed by atoms with Gasteiger partial charge in [-0.2, -0.15) is 4.98 Å². The normalized spacial score (nSPS) is 13.1. The summed E-state index contributed by atoms with van der Waals surface area (Å²) in [5.74, 6) is 2.49. The first kappa shape index (κ1) is 15.6. The van der Waals surface area contributed by atoms with E-state index < -0.39 is 0 Å². The molecule has 2 aromatic heterocycles. The second kappa shape index (κ2) is 6.21. The van der Waals surface area contributed by atoms with E-state index in [4.69, 9.17) is 14.0 Å². The highest BCUT2D eigenvalue weighted by Crippen LogP contribution is 2.35. The van der Waals surface area contributed by atoms with Gasteiger partial charge in [0.05, 0.1) is 12.1 Å². The summed E-state index contributed by atoms with van der Waals surface area (Å²) >= 11 is 0. The van der Waals surface area contributed by atoms with Gasteiger partial charge in [0.25, 0.3) is 5.56 Å². The molecule has 25 heavy (non-hydrogen) atoms. The number of aromatic nitrogens is 3. The lowest BCUT2D eigenvalue weighted by Crippen LogP contribution is -2.26. The zero-order chi connectivity index (χ0) is 17.4. The number of nitrogens with zero attached hydrogens (tertiary/aromatic N) is 3. The van der Waals surface area contributed by atoms with E-state index in [-0.39, 0.29) is 12.4 Å². The van der Waals surface area contributed by atoms with Gasteiger partial charge in [-0.3, -0.25) is 9.69 Å². The maximum atomic E-state index is 12.4. The number of hydrogen-bond donors (Lipinski definition) is 1. The molecule has 3 heterocycles. The minimum Gasteiger partial charge on any atom is -0.454 e. The van der Waals surface area contributed by atoms with E-state index in [1.54, 1.807) is 13.0 Å². The van der Waals surface area contributed by atoms with Gasteiger partial charge in [-0.05, 0) is 25.6 Å². The molecule has 0 saturated carbocycles. The summed E-state index contributed by atoms with van der Waals surface area (Å²) in [5, 5.41) is 4.70. The second-order valence-electron chi connectivity index (χ2n) is 5.96. The summed E-state index contributed by atoms with van der Waals surface area (Å²) < 4.78 is 15.9. The second-order valence-corrected chi connectivity index (χ2v) is 5.96. The predicted molar refractivity (Wildman–Crippen MR) is 89.5 cm³/mol. The Morgan fingerprint density at radius 2 is 2.00 bits per heavy atom. The van der Waals surface area contributed by atoms with Crippen LogP contribution in [0.1, 0.15) is 24.2 Å². The van der Waals surface area contributed by atoms with Crippen LogP contribution < -0.4 is 15.0 Å². The first-order valence-corrected chi connectivity index (χ1v) is 8.09. The van der Waals surface area contributed by atoms with Gasteiger partial charge in [0.2, 0.25) is 12.7 Å². The molecule has 0 radical (unpaired) electrons. The summed E-state index contributed by atoms with van der Waals surface area (Å²) in [6.45, 7) is 5.74. The number of pyridine rings is 1. The number of H-pyrrole nitrogens is 1. The van der Waals surface area contributed by atoms with Crippen LogP contribution in [-0.2, 0) is 13.1 Å². The lowest BCUT2D eigenvalue weighted by atomic mass is 10.1. The largest absolute Gasteiger partial charge is 0.454 e. The molecule has 0 fully saturated rings. The van der Waals surface area contributed by atoms with E-state index in [0.717, 1.165) is 17.4 Å². The molecule has 8 heteroatoms. The lowest BCUT2D eigenvalue weighted by Gasteiger charge is -2.18. The lowest BCUT2D eigenvalue weighted by molar-refractivity contribution is 0.174. The Morgan fingerprint density at radius 1 is 1.20 bits per heavy atom. The van der Waals surface area contributed by atoms with Crippen LogP contribution in [0.3, 0.4) is 0 Å². The van der Waals surface area contributed by atoms with Crippen molar-refractivity contribution in [2.75, 3.05) is 13.3 Å². The van der Waals surface area contributed by atoms with E-state index in [1.807, 2.05) is 19.1 Å². The van der Waals surface area contributed by atoms with E-state index in [1.165, 1.54) is 0 Å². The Kier molecular flexibility index (Phi) is 3.89. The maximum Gasteiger partial charge on any atom is 0.252 e. The molecular weight excluding hydrogens is 324 g/mol. The minimum absolute atomic E-state index is 0.119. The number of ether oxygens (including phenoxy) is 2. The van der Waals surface area contributed by atoms with Crippen LogP contribution in [0.15, 0.2) is 27.5 Å². The van der Waals surface area contributed by atoms with Gasteiger partial charge in [0.15, 0.2) is 17.3 Å². The number of rotatable bonds is 5. The Balaban J connectivity index is 1.62. The standard InChI is InChI=1S/C17H18N4O4/c1-3-21(8-16-18-10(2)20-25-16)7-12-4-11-5-14-15(24-9-23-14)6-13(11)19-17(12)22/h4-6H,3,7-9H2,1-2H3,(H,19,22). The van der Waals surface area contributed by atoms with Gasteiger partial charge in [-0.1, -0.05) is 12.1 Å². The van der Waals surface area contributed by atoms with E-state index in [9.17, 15) is 4.79 Å². The summed E-state index contributed by atoms with van der Waals surface area (Å²) in [6.07, 6.45) is 0. The van der Waals surface area contributed by atoms with Gasteiger partial charge >= 0.3 is 0 Å². The van der Waals surface area contributed by atoms with Crippen molar-refractivity contribution >= 4 is 10.9 Å². The van der Waals surface area contributed by atoms with Crippen molar-refractivity contribution in [3.63, 3.8) is 0 Å². The highest BCUT2D eigenvalue weighted by atomic mass is 16.7. The van der Waals surface area contributed by atoms with Crippen LogP contribution in [0.4, 0.5) is 0 Å². The van der Waals surface area contributed by atoms with Gasteiger partial charge in [0, 0.05) is 23.6 Å².